The molecule has 0 spiro atoms. The Balaban J connectivity index is 2.05. The van der Waals surface area contributed by atoms with Crippen molar-refractivity contribution in [2.75, 3.05) is 19.7 Å². The second kappa shape index (κ2) is 7.01. The molecular formula is C16H28N2OS. The second-order valence-electron chi connectivity index (χ2n) is 6.73. The molecule has 1 N–H and O–H groups in total. The van der Waals surface area contributed by atoms with E-state index >= 15 is 0 Å². The largest absolute Gasteiger partial charge is 0.372 e. The number of nitrogens with one attached hydrogen (secondary N) is 1. The molecule has 1 aromatic heterocycles. The molecule has 114 valence electrons. The highest BCUT2D eigenvalue weighted by molar-refractivity contribution is 7.09. The Morgan fingerprint density at radius 3 is 2.90 bits per heavy atom. The van der Waals surface area contributed by atoms with E-state index in [4.69, 9.17) is 9.72 Å². The van der Waals surface area contributed by atoms with Crippen LogP contribution in [0.4, 0.5) is 0 Å². The van der Waals surface area contributed by atoms with E-state index in [1.807, 2.05) is 0 Å². The number of hydrogen-bond acceptors (Lipinski definition) is 4. The Kier molecular flexibility index (Phi) is 5.58. The van der Waals surface area contributed by atoms with Crippen molar-refractivity contribution in [3.05, 3.63) is 16.1 Å². The van der Waals surface area contributed by atoms with Crippen molar-refractivity contribution in [2.24, 2.45) is 5.92 Å². The fraction of sp³-hybridized carbons (Fsp3) is 0.812. The molecule has 20 heavy (non-hydrogen) atoms. The molecule has 2 unspecified atom stereocenters. The number of hydrogen-bond donors (Lipinski definition) is 1. The summed E-state index contributed by atoms with van der Waals surface area (Å²) in [6, 6.07) is 0. The van der Waals surface area contributed by atoms with Gasteiger partial charge in [0.15, 0.2) is 0 Å². The third-order valence-corrected chi connectivity index (χ3v) is 5.02. The maximum Gasteiger partial charge on any atom is 0.104 e. The molecule has 0 saturated carbocycles. The van der Waals surface area contributed by atoms with Crippen molar-refractivity contribution < 1.29 is 4.74 Å². The van der Waals surface area contributed by atoms with E-state index in [1.54, 1.807) is 11.3 Å². The molecule has 0 bridgehead atoms. The van der Waals surface area contributed by atoms with E-state index in [0.717, 1.165) is 25.4 Å². The Bertz CT molecular complexity index is 411. The third kappa shape index (κ3) is 4.03. The van der Waals surface area contributed by atoms with Gasteiger partial charge in [-0.15, -0.1) is 11.3 Å². The number of rotatable bonds is 5. The first-order valence-electron chi connectivity index (χ1n) is 7.80. The van der Waals surface area contributed by atoms with Crippen molar-refractivity contribution in [3.63, 3.8) is 0 Å². The summed E-state index contributed by atoms with van der Waals surface area (Å²) in [6.45, 7) is 11.9. The van der Waals surface area contributed by atoms with Crippen LogP contribution in [0.2, 0.25) is 0 Å². The molecule has 2 rings (SSSR count). The molecule has 0 amide bonds. The van der Waals surface area contributed by atoms with Gasteiger partial charge < -0.3 is 10.1 Å². The van der Waals surface area contributed by atoms with E-state index in [2.05, 4.69) is 38.4 Å². The minimum absolute atomic E-state index is 0.132. The van der Waals surface area contributed by atoms with Crippen LogP contribution in [0.25, 0.3) is 0 Å². The average Bonchev–Trinajstić information content (AvgIpc) is 2.89. The smallest absolute Gasteiger partial charge is 0.104 e. The van der Waals surface area contributed by atoms with Crippen LogP contribution in [0.1, 0.15) is 63.8 Å². The number of ether oxygens (including phenoxy) is 1. The van der Waals surface area contributed by atoms with Crippen molar-refractivity contribution in [2.45, 2.75) is 58.5 Å². The first-order valence-corrected chi connectivity index (χ1v) is 8.68. The van der Waals surface area contributed by atoms with Crippen LogP contribution in [0.5, 0.6) is 0 Å². The van der Waals surface area contributed by atoms with E-state index in [-0.39, 0.29) is 11.5 Å². The lowest BCUT2D eigenvalue weighted by molar-refractivity contribution is -0.0299. The van der Waals surface area contributed by atoms with Gasteiger partial charge >= 0.3 is 0 Å². The average molecular weight is 296 g/mol. The van der Waals surface area contributed by atoms with Gasteiger partial charge in [0.05, 0.1) is 10.7 Å². The standard InChI is InChI=1S/C16H28N2OS/c1-5-8-17-10-12-7-6-9-19-14(12)13-11-20-15(18-13)16(2,3)4/h11-12,14,17H,5-10H2,1-4H3. The predicted molar refractivity (Wildman–Crippen MR) is 85.4 cm³/mol. The van der Waals surface area contributed by atoms with Crippen LogP contribution < -0.4 is 5.32 Å². The minimum atomic E-state index is 0.132. The normalized spacial score (nSPS) is 24.0. The van der Waals surface area contributed by atoms with Gasteiger partial charge in [-0.1, -0.05) is 27.7 Å². The van der Waals surface area contributed by atoms with Crippen molar-refractivity contribution in [1.29, 1.82) is 0 Å². The quantitative estimate of drug-likeness (QED) is 0.837. The number of nitrogens with zero attached hydrogens (tertiary/aromatic N) is 1. The zero-order valence-electron chi connectivity index (χ0n) is 13.2. The Labute approximate surface area is 127 Å². The maximum atomic E-state index is 6.04. The fourth-order valence-corrected chi connectivity index (χ4v) is 3.54. The molecule has 3 nitrogen and oxygen atoms in total. The summed E-state index contributed by atoms with van der Waals surface area (Å²) in [6.07, 6.45) is 3.78. The van der Waals surface area contributed by atoms with Gasteiger partial charge in [0.25, 0.3) is 0 Å². The second-order valence-corrected chi connectivity index (χ2v) is 7.58. The third-order valence-electron chi connectivity index (χ3n) is 3.73. The van der Waals surface area contributed by atoms with Gasteiger partial charge in [0, 0.05) is 29.9 Å². The molecule has 1 aliphatic rings. The van der Waals surface area contributed by atoms with E-state index in [1.165, 1.54) is 24.3 Å². The molecule has 1 aliphatic heterocycles. The van der Waals surface area contributed by atoms with Crippen LogP contribution in [-0.2, 0) is 10.2 Å². The topological polar surface area (TPSA) is 34.1 Å². The van der Waals surface area contributed by atoms with Crippen molar-refractivity contribution in [1.82, 2.24) is 10.3 Å². The molecular weight excluding hydrogens is 268 g/mol. The van der Waals surface area contributed by atoms with E-state index in [0.29, 0.717) is 5.92 Å². The number of aromatic nitrogens is 1. The summed E-state index contributed by atoms with van der Waals surface area (Å²) in [5.41, 5.74) is 1.27. The lowest BCUT2D eigenvalue weighted by Crippen LogP contribution is -2.32. The molecule has 2 atom stereocenters. The van der Waals surface area contributed by atoms with Gasteiger partial charge in [-0.25, -0.2) is 4.98 Å². The summed E-state index contributed by atoms with van der Waals surface area (Å²) in [5, 5.41) is 6.95. The van der Waals surface area contributed by atoms with Gasteiger partial charge in [0.2, 0.25) is 0 Å². The van der Waals surface area contributed by atoms with Crippen LogP contribution in [0.3, 0.4) is 0 Å². The highest BCUT2D eigenvalue weighted by atomic mass is 32.1. The van der Waals surface area contributed by atoms with Gasteiger partial charge in [-0.2, -0.15) is 0 Å². The number of thiazole rings is 1. The monoisotopic (exact) mass is 296 g/mol. The highest BCUT2D eigenvalue weighted by Gasteiger charge is 2.30. The van der Waals surface area contributed by atoms with Crippen LogP contribution in [0, 0.1) is 5.92 Å². The zero-order valence-corrected chi connectivity index (χ0v) is 14.1. The molecule has 0 aromatic carbocycles. The first-order chi connectivity index (χ1) is 9.52. The van der Waals surface area contributed by atoms with Crippen LogP contribution in [-0.4, -0.2) is 24.7 Å². The summed E-state index contributed by atoms with van der Waals surface area (Å²) < 4.78 is 6.04. The molecule has 2 heterocycles. The molecule has 1 saturated heterocycles. The molecule has 4 heteroatoms. The first kappa shape index (κ1) is 15.9. The van der Waals surface area contributed by atoms with Crippen molar-refractivity contribution >= 4 is 11.3 Å². The summed E-state index contributed by atoms with van der Waals surface area (Å²) in [4.78, 5) is 4.85. The Hall–Kier alpha value is -0.450. The van der Waals surface area contributed by atoms with E-state index in [9.17, 15) is 0 Å². The lowest BCUT2D eigenvalue weighted by Gasteiger charge is -2.31. The van der Waals surface area contributed by atoms with E-state index < -0.39 is 0 Å². The molecule has 0 aliphatic carbocycles. The molecule has 1 fully saturated rings. The van der Waals surface area contributed by atoms with Gasteiger partial charge in [0.1, 0.15) is 6.10 Å². The zero-order chi connectivity index (χ0) is 14.6. The van der Waals surface area contributed by atoms with Crippen LogP contribution in [0.15, 0.2) is 5.38 Å². The van der Waals surface area contributed by atoms with Gasteiger partial charge in [-0.3, -0.25) is 0 Å². The summed E-state index contributed by atoms with van der Waals surface area (Å²) in [5.74, 6) is 0.560. The summed E-state index contributed by atoms with van der Waals surface area (Å²) >= 11 is 1.77. The molecule has 1 aromatic rings. The summed E-state index contributed by atoms with van der Waals surface area (Å²) in [7, 11) is 0. The Morgan fingerprint density at radius 1 is 1.45 bits per heavy atom. The fourth-order valence-electron chi connectivity index (χ4n) is 2.60. The lowest BCUT2D eigenvalue weighted by atomic mass is 9.92. The maximum absolute atomic E-state index is 6.04. The van der Waals surface area contributed by atoms with Crippen molar-refractivity contribution in [3.8, 4) is 0 Å². The highest BCUT2D eigenvalue weighted by Crippen LogP contribution is 2.35. The van der Waals surface area contributed by atoms with Gasteiger partial charge in [-0.05, 0) is 25.8 Å². The minimum Gasteiger partial charge on any atom is -0.372 e. The Morgan fingerprint density at radius 2 is 2.25 bits per heavy atom. The predicted octanol–water partition coefficient (Wildman–Crippen LogP) is 3.91. The van der Waals surface area contributed by atoms with Crippen LogP contribution >= 0.6 is 11.3 Å². The SMILES string of the molecule is CCCNCC1CCCOC1c1csc(C(C)(C)C)n1. The molecule has 0 radical (unpaired) electrons.